The lowest BCUT2D eigenvalue weighted by Crippen LogP contribution is -2.57. The summed E-state index contributed by atoms with van der Waals surface area (Å²) in [5.41, 5.74) is -0.318. The number of carbonyl (C=O) groups is 4. The van der Waals surface area contributed by atoms with E-state index in [9.17, 15) is 19.2 Å². The van der Waals surface area contributed by atoms with Gasteiger partial charge in [-0.3, -0.25) is 19.2 Å². The van der Waals surface area contributed by atoms with E-state index in [1.54, 1.807) is 0 Å². The van der Waals surface area contributed by atoms with E-state index in [-0.39, 0.29) is 45.8 Å². The second kappa shape index (κ2) is 13.4. The number of carbonyl (C=O) groups excluding carboxylic acids is 4. The number of rotatable bonds is 0. The van der Waals surface area contributed by atoms with Crippen LogP contribution >= 0.6 is 0 Å². The van der Waals surface area contributed by atoms with Crippen molar-refractivity contribution in [1.82, 2.24) is 0 Å². The van der Waals surface area contributed by atoms with Crippen molar-refractivity contribution in [3.63, 3.8) is 0 Å². The minimum atomic E-state index is -0.287. The molecule has 8 heterocycles. The summed E-state index contributed by atoms with van der Waals surface area (Å²) in [7, 11) is 0. The molecule has 16 fully saturated rings. The average Bonchev–Trinajstić information content (AvgIpc) is 3.69. The highest BCUT2D eigenvalue weighted by Crippen LogP contribution is 2.69. The van der Waals surface area contributed by atoms with Crippen molar-refractivity contribution >= 4 is 23.5 Å². The van der Waals surface area contributed by atoms with Crippen LogP contribution in [0.3, 0.4) is 0 Å². The summed E-state index contributed by atoms with van der Waals surface area (Å²) in [4.78, 5) is 55.9. The fourth-order valence-corrected chi connectivity index (χ4v) is 17.5. The third-order valence-electron chi connectivity index (χ3n) is 20.7. The number of ether oxygens (including phenoxy) is 2. The quantitative estimate of drug-likeness (QED) is 0.230. The molecule has 8 saturated heterocycles. The molecule has 0 spiro atoms. The number of hydrogen-bond acceptors (Lipinski definition) is 6. The molecule has 16 bridgehead atoms. The van der Waals surface area contributed by atoms with Gasteiger partial charge in [0.05, 0.1) is 0 Å². The molecule has 0 N–H and O–H groups in total. The first-order valence-corrected chi connectivity index (χ1v) is 23.1. The Bertz CT molecular complexity index is 1420. The second-order valence-electron chi connectivity index (χ2n) is 22.3. The minimum Gasteiger partial charge on any atom is -0.462 e. The standard InChI is InChI=1S/C48H72O6/c1-27-7-17-43(51)53-31-19-21-46(4)30(23-31)10-12-34-38-16-14-36(48(38,6)42(50)26-40(34)46)28(2)8-18-44(52)54-32-20-22-45(3)29(24-32)9-11-33-37-15-13-35(27)47(37,5)41(49)25-39(33)45/h27-40H,7-26H2,1-6H3/t27-,28-,29+,30+,31+,32+,33-,34-,35+,36+,37-,38-,39-,40-,45-,46-,47+,48+/m0/s1. The lowest BCUT2D eigenvalue weighted by atomic mass is 9.44. The fraction of sp³-hybridized carbons (Fsp3) is 0.917. The van der Waals surface area contributed by atoms with Crippen LogP contribution in [0, 0.1) is 92.7 Å². The Morgan fingerprint density at radius 1 is 0.463 bits per heavy atom. The third-order valence-corrected chi connectivity index (χ3v) is 20.7. The normalized spacial score (nSPS) is 54.9. The van der Waals surface area contributed by atoms with Crippen LogP contribution in [0.4, 0.5) is 0 Å². The van der Waals surface area contributed by atoms with Gasteiger partial charge in [-0.25, -0.2) is 0 Å². The van der Waals surface area contributed by atoms with Gasteiger partial charge in [0.25, 0.3) is 0 Å². The van der Waals surface area contributed by atoms with Gasteiger partial charge in [-0.15, -0.1) is 0 Å². The molecule has 300 valence electrons. The first kappa shape index (κ1) is 37.8. The monoisotopic (exact) mass is 745 g/mol. The third kappa shape index (κ3) is 5.55. The summed E-state index contributed by atoms with van der Waals surface area (Å²) in [5.74, 6) is 6.10. The zero-order valence-corrected chi connectivity index (χ0v) is 34.7. The Morgan fingerprint density at radius 2 is 0.852 bits per heavy atom. The van der Waals surface area contributed by atoms with Gasteiger partial charge in [-0.2, -0.15) is 0 Å². The van der Waals surface area contributed by atoms with E-state index in [1.165, 1.54) is 25.7 Å². The Balaban J connectivity index is 0.968. The summed E-state index contributed by atoms with van der Waals surface area (Å²) in [5, 5.41) is 0. The molecule has 0 unspecified atom stereocenters. The van der Waals surface area contributed by atoms with Gasteiger partial charge in [0, 0.05) is 36.5 Å². The average molecular weight is 745 g/mol. The lowest BCUT2D eigenvalue weighted by molar-refractivity contribution is -0.169. The van der Waals surface area contributed by atoms with Gasteiger partial charge >= 0.3 is 11.9 Å². The van der Waals surface area contributed by atoms with E-state index < -0.39 is 0 Å². The van der Waals surface area contributed by atoms with E-state index >= 15 is 0 Å². The first-order chi connectivity index (χ1) is 25.7. The van der Waals surface area contributed by atoms with Crippen molar-refractivity contribution in [2.75, 3.05) is 0 Å². The molecule has 8 saturated carbocycles. The molecule has 18 atom stereocenters. The predicted octanol–water partition coefficient (Wildman–Crippen LogP) is 10.3. The number of Topliss-reactive ketones (excluding diaryl/α,β-unsaturated/α-hetero) is 2. The lowest BCUT2D eigenvalue weighted by Gasteiger charge is -2.60. The van der Waals surface area contributed by atoms with Crippen molar-refractivity contribution in [3.8, 4) is 0 Å². The summed E-state index contributed by atoms with van der Waals surface area (Å²) in [6, 6.07) is 0. The smallest absolute Gasteiger partial charge is 0.306 e. The van der Waals surface area contributed by atoms with E-state index in [2.05, 4.69) is 41.5 Å². The maximum atomic E-state index is 14.5. The maximum Gasteiger partial charge on any atom is 0.306 e. The van der Waals surface area contributed by atoms with Crippen molar-refractivity contribution in [3.05, 3.63) is 0 Å². The molecule has 16 rings (SSSR count). The van der Waals surface area contributed by atoms with Gasteiger partial charge < -0.3 is 9.47 Å². The fourth-order valence-electron chi connectivity index (χ4n) is 17.5. The topological polar surface area (TPSA) is 86.7 Å². The van der Waals surface area contributed by atoms with Crippen LogP contribution in [0.5, 0.6) is 0 Å². The van der Waals surface area contributed by atoms with Gasteiger partial charge in [0.15, 0.2) is 0 Å². The van der Waals surface area contributed by atoms with Crippen molar-refractivity contribution < 1.29 is 28.7 Å². The molecule has 0 amide bonds. The van der Waals surface area contributed by atoms with Crippen molar-refractivity contribution in [2.24, 2.45) is 92.7 Å². The van der Waals surface area contributed by atoms with Crippen molar-refractivity contribution in [2.45, 2.75) is 182 Å². The molecule has 0 aromatic heterocycles. The van der Waals surface area contributed by atoms with Gasteiger partial charge in [0.2, 0.25) is 0 Å². The van der Waals surface area contributed by atoms with Crippen LogP contribution in [-0.4, -0.2) is 35.7 Å². The zero-order valence-electron chi connectivity index (χ0n) is 34.7. The maximum absolute atomic E-state index is 14.5. The summed E-state index contributed by atoms with van der Waals surface area (Å²) in [6.07, 6.45) is 18.8. The number of hydrogen-bond donors (Lipinski definition) is 0. The van der Waals surface area contributed by atoms with Crippen molar-refractivity contribution in [1.29, 1.82) is 0 Å². The summed E-state index contributed by atoms with van der Waals surface area (Å²) < 4.78 is 12.6. The highest BCUT2D eigenvalue weighted by atomic mass is 16.5. The molecular formula is C48H72O6. The van der Waals surface area contributed by atoms with Crippen LogP contribution in [-0.2, 0) is 28.7 Å². The zero-order chi connectivity index (χ0) is 37.9. The van der Waals surface area contributed by atoms with E-state index in [0.717, 1.165) is 77.0 Å². The molecule has 54 heavy (non-hydrogen) atoms. The number of esters is 2. The highest BCUT2D eigenvalue weighted by molar-refractivity contribution is 5.87. The molecule has 0 radical (unpaired) electrons. The minimum absolute atomic E-state index is 0.0148. The molecule has 0 aromatic rings. The predicted molar refractivity (Wildman–Crippen MR) is 208 cm³/mol. The SMILES string of the molecule is C[C@H]1CCC(=O)O[C@@H]2CC[C@@]3(C)[C@H](CC[C@@H]4[C@@H]3CC(=O)[C@]3(C)[C@H](CC[C@@H]43)[C@@H](C)CCC(=O)O[C@@H]3CC[C@@]4(C)[C@H](CC[C@@H]5[C@@H]4CC(=O)[C@]4(C)[C@@H]1CC[C@@H]54)C3)C2. The van der Waals surface area contributed by atoms with Crippen LogP contribution in [0.1, 0.15) is 170 Å². The Labute approximate surface area is 326 Å². The molecule has 6 heteroatoms. The second-order valence-corrected chi connectivity index (χ2v) is 22.3. The first-order valence-electron chi connectivity index (χ1n) is 23.1. The van der Waals surface area contributed by atoms with Crippen LogP contribution in [0.25, 0.3) is 0 Å². The van der Waals surface area contributed by atoms with E-state index in [0.29, 0.717) is 108 Å². The molecule has 8 aliphatic carbocycles. The Kier molecular flexibility index (Phi) is 9.40. The highest BCUT2D eigenvalue weighted by Gasteiger charge is 2.66. The number of ketones is 2. The van der Waals surface area contributed by atoms with Gasteiger partial charge in [0.1, 0.15) is 23.8 Å². The van der Waals surface area contributed by atoms with E-state index in [4.69, 9.17) is 9.47 Å². The largest absolute Gasteiger partial charge is 0.462 e. The van der Waals surface area contributed by atoms with Gasteiger partial charge in [-0.05, 0) is 185 Å². The molecule has 16 aliphatic rings. The van der Waals surface area contributed by atoms with E-state index in [1.807, 2.05) is 0 Å². The molecule has 6 nitrogen and oxygen atoms in total. The van der Waals surface area contributed by atoms with Crippen LogP contribution in [0.2, 0.25) is 0 Å². The summed E-state index contributed by atoms with van der Waals surface area (Å²) in [6.45, 7) is 14.2. The Hall–Kier alpha value is -1.72. The summed E-state index contributed by atoms with van der Waals surface area (Å²) >= 11 is 0. The molecular weight excluding hydrogens is 673 g/mol. The Morgan fingerprint density at radius 3 is 1.26 bits per heavy atom. The van der Waals surface area contributed by atoms with Crippen LogP contribution in [0.15, 0.2) is 0 Å². The molecule has 8 aliphatic heterocycles. The van der Waals surface area contributed by atoms with Crippen LogP contribution < -0.4 is 0 Å². The molecule has 0 aromatic carbocycles. The van der Waals surface area contributed by atoms with Gasteiger partial charge in [-0.1, -0.05) is 41.5 Å².